The van der Waals surface area contributed by atoms with Crippen LogP contribution >= 0.6 is 11.8 Å². The number of carbonyl (C=O) groups excluding carboxylic acids is 3. The highest BCUT2D eigenvalue weighted by Gasteiger charge is 2.65. The van der Waals surface area contributed by atoms with E-state index < -0.39 is 0 Å². The lowest BCUT2D eigenvalue weighted by Crippen LogP contribution is -2.59. The monoisotopic (exact) mass is 520 g/mol. The first-order valence-electron chi connectivity index (χ1n) is 14.5. The third-order valence-electron chi connectivity index (χ3n) is 11.2. The summed E-state index contributed by atoms with van der Waals surface area (Å²) in [6.07, 6.45) is 10.4. The average Bonchev–Trinajstić information content (AvgIpc) is 3.16. The second-order valence-corrected chi connectivity index (χ2v) is 14.2. The van der Waals surface area contributed by atoms with Crippen molar-refractivity contribution in [1.29, 1.82) is 0 Å². The fraction of sp³-hybridized carbons (Fsp3) is 0.900. The largest absolute Gasteiger partial charge is 0.463 e. The van der Waals surface area contributed by atoms with Crippen LogP contribution in [0.15, 0.2) is 0 Å². The summed E-state index contributed by atoms with van der Waals surface area (Å²) < 4.78 is 11.9. The van der Waals surface area contributed by atoms with Crippen molar-refractivity contribution in [1.82, 2.24) is 0 Å². The highest BCUT2D eigenvalue weighted by Crippen LogP contribution is 2.69. The highest BCUT2D eigenvalue weighted by atomic mass is 32.2. The van der Waals surface area contributed by atoms with Crippen LogP contribution < -0.4 is 0 Å². The molecule has 0 aromatic rings. The van der Waals surface area contributed by atoms with Crippen molar-refractivity contribution in [3.05, 3.63) is 0 Å². The molecule has 0 aliphatic heterocycles. The van der Waals surface area contributed by atoms with E-state index in [0.29, 0.717) is 47.0 Å². The summed E-state index contributed by atoms with van der Waals surface area (Å²) in [5.74, 6) is 3.80. The highest BCUT2D eigenvalue weighted by molar-refractivity contribution is 8.13. The molecule has 4 rings (SSSR count). The van der Waals surface area contributed by atoms with Crippen molar-refractivity contribution in [2.45, 2.75) is 118 Å². The van der Waals surface area contributed by atoms with Gasteiger partial charge < -0.3 is 9.47 Å². The van der Waals surface area contributed by atoms with Crippen LogP contribution in [0.1, 0.15) is 106 Å². The summed E-state index contributed by atoms with van der Waals surface area (Å²) in [7, 11) is 0. The molecule has 36 heavy (non-hydrogen) atoms. The van der Waals surface area contributed by atoms with E-state index >= 15 is 0 Å². The summed E-state index contributed by atoms with van der Waals surface area (Å²) in [5.41, 5.74) is 0.193. The van der Waals surface area contributed by atoms with Crippen LogP contribution in [0.3, 0.4) is 0 Å². The van der Waals surface area contributed by atoms with Gasteiger partial charge in [-0.25, -0.2) is 0 Å². The van der Waals surface area contributed by atoms with Crippen molar-refractivity contribution >= 4 is 28.8 Å². The molecule has 0 saturated heterocycles. The summed E-state index contributed by atoms with van der Waals surface area (Å²) in [6, 6.07) is 0. The van der Waals surface area contributed by atoms with E-state index in [1.165, 1.54) is 44.4 Å². The van der Waals surface area contributed by atoms with Crippen LogP contribution in [0, 0.1) is 46.3 Å². The Kier molecular flexibility index (Phi) is 8.54. The summed E-state index contributed by atoms with van der Waals surface area (Å²) in [5, 5.41) is 0.305. The van der Waals surface area contributed by atoms with Crippen molar-refractivity contribution in [2.75, 3.05) is 5.75 Å². The van der Waals surface area contributed by atoms with E-state index in [4.69, 9.17) is 9.47 Å². The molecule has 0 bridgehead atoms. The number of hydrogen-bond donors (Lipinski definition) is 0. The van der Waals surface area contributed by atoms with E-state index in [1.807, 2.05) is 6.92 Å². The number of rotatable bonds is 7. The van der Waals surface area contributed by atoms with Crippen LogP contribution in [0.5, 0.6) is 0 Å². The Morgan fingerprint density at radius 2 is 1.67 bits per heavy atom. The first-order chi connectivity index (χ1) is 17.0. The third kappa shape index (κ3) is 5.14. The zero-order valence-electron chi connectivity index (χ0n) is 23.3. The van der Waals surface area contributed by atoms with E-state index in [9.17, 15) is 14.4 Å². The Bertz CT molecular complexity index is 843. The van der Waals surface area contributed by atoms with Crippen LogP contribution in [0.2, 0.25) is 0 Å². The van der Waals surface area contributed by atoms with Gasteiger partial charge >= 0.3 is 11.9 Å². The smallest absolute Gasteiger partial charge is 0.302 e. The molecule has 0 radical (unpaired) electrons. The van der Waals surface area contributed by atoms with Gasteiger partial charge in [-0.2, -0.15) is 0 Å². The Balaban J connectivity index is 1.56. The Labute approximate surface area is 222 Å². The van der Waals surface area contributed by atoms with Crippen LogP contribution in [-0.4, -0.2) is 35.0 Å². The Morgan fingerprint density at radius 1 is 0.944 bits per heavy atom. The molecule has 0 unspecified atom stereocenters. The van der Waals surface area contributed by atoms with Crippen molar-refractivity contribution < 1.29 is 23.9 Å². The second kappa shape index (κ2) is 11.0. The van der Waals surface area contributed by atoms with Gasteiger partial charge in [-0.3, -0.25) is 14.4 Å². The molecule has 4 fully saturated rings. The van der Waals surface area contributed by atoms with Gasteiger partial charge in [0.05, 0.1) is 0 Å². The van der Waals surface area contributed by atoms with Gasteiger partial charge in [0.1, 0.15) is 12.2 Å². The summed E-state index contributed by atoms with van der Waals surface area (Å²) >= 11 is 1.44. The predicted octanol–water partition coefficient (Wildman–Crippen LogP) is 6.81. The second-order valence-electron chi connectivity index (χ2n) is 12.9. The molecule has 4 aliphatic carbocycles. The van der Waals surface area contributed by atoms with Gasteiger partial charge in [0.2, 0.25) is 0 Å². The molecular weight excluding hydrogens is 472 g/mol. The third-order valence-corrected chi connectivity index (χ3v) is 12.0. The molecule has 0 amide bonds. The van der Waals surface area contributed by atoms with Gasteiger partial charge in [0, 0.05) is 25.7 Å². The topological polar surface area (TPSA) is 69.7 Å². The Morgan fingerprint density at radius 3 is 2.33 bits per heavy atom. The van der Waals surface area contributed by atoms with Crippen molar-refractivity contribution in [2.24, 2.45) is 46.3 Å². The van der Waals surface area contributed by atoms with Gasteiger partial charge in [-0.15, -0.1) is 0 Å². The first-order valence-corrected chi connectivity index (χ1v) is 15.5. The molecule has 0 aromatic heterocycles. The van der Waals surface area contributed by atoms with E-state index in [1.54, 1.807) is 6.92 Å². The summed E-state index contributed by atoms with van der Waals surface area (Å²) in [6.45, 7) is 12.4. The van der Waals surface area contributed by atoms with Crippen LogP contribution in [0.4, 0.5) is 0 Å². The fourth-order valence-corrected chi connectivity index (χ4v) is 10.2. The van der Waals surface area contributed by atoms with Crippen LogP contribution in [0.25, 0.3) is 0 Å². The minimum atomic E-state index is -0.165. The molecule has 10 atom stereocenters. The predicted molar refractivity (Wildman–Crippen MR) is 143 cm³/mol. The molecule has 0 N–H and O–H groups in total. The number of hydrogen-bond acceptors (Lipinski definition) is 6. The van der Waals surface area contributed by atoms with Gasteiger partial charge in [0.15, 0.2) is 5.12 Å². The molecule has 0 aromatic carbocycles. The van der Waals surface area contributed by atoms with Crippen LogP contribution in [-0.2, 0) is 23.9 Å². The number of esters is 2. The minimum absolute atomic E-state index is 0.0225. The maximum absolute atomic E-state index is 12.4. The normalized spacial score (nSPS) is 42.4. The zero-order valence-corrected chi connectivity index (χ0v) is 24.2. The van der Waals surface area contributed by atoms with Gasteiger partial charge in [0.25, 0.3) is 0 Å². The lowest BCUT2D eigenvalue weighted by molar-refractivity contribution is -0.197. The van der Waals surface area contributed by atoms with E-state index in [2.05, 4.69) is 20.8 Å². The number of carbonyl (C=O) groups is 3. The lowest BCUT2D eigenvalue weighted by Gasteiger charge is -2.62. The number of ether oxygens (including phenoxy) is 2. The molecule has 6 heteroatoms. The van der Waals surface area contributed by atoms with Gasteiger partial charge in [-0.1, -0.05) is 39.5 Å². The molecule has 204 valence electrons. The standard InChI is InChI=1S/C30H48O5S/c1-7-36-28(33)13-8-18(2)24-11-12-25-23-10-9-21-16-22(34-19(3)31)14-15-29(21,5)26(23)17-27(30(24,25)6)35-20(4)32/h18,21-27H,7-17H2,1-6H3/t18-,21-,22+,23+,24-,25+,26+,27+,29+,30-/m1/s1. The van der Waals surface area contributed by atoms with E-state index in [-0.39, 0.29) is 35.0 Å². The van der Waals surface area contributed by atoms with Gasteiger partial charge in [-0.05, 0) is 104 Å². The minimum Gasteiger partial charge on any atom is -0.463 e. The summed E-state index contributed by atoms with van der Waals surface area (Å²) in [4.78, 5) is 36.2. The number of fused-ring (bicyclic) bond motifs is 5. The average molecular weight is 521 g/mol. The molecule has 0 spiro atoms. The quantitative estimate of drug-likeness (QED) is 0.343. The zero-order chi connectivity index (χ0) is 26.3. The maximum Gasteiger partial charge on any atom is 0.302 e. The van der Waals surface area contributed by atoms with E-state index in [0.717, 1.165) is 37.9 Å². The van der Waals surface area contributed by atoms with Crippen molar-refractivity contribution in [3.63, 3.8) is 0 Å². The fourth-order valence-electron chi connectivity index (χ4n) is 9.61. The SMILES string of the molecule is CCSC(=O)CC[C@@H](C)[C@H]1CC[C@H]2[C@@H]3CC[C@@H]4C[C@@H](OC(C)=O)CC[C@]4(C)[C@H]3C[C@H](OC(C)=O)[C@]12C. The maximum atomic E-state index is 12.4. The molecule has 4 saturated carbocycles. The lowest BCUT2D eigenvalue weighted by atomic mass is 9.43. The molecular formula is C30H48O5S. The molecule has 4 aliphatic rings. The molecule has 0 heterocycles. The van der Waals surface area contributed by atoms with Crippen molar-refractivity contribution in [3.8, 4) is 0 Å². The first kappa shape index (κ1) is 28.0. The number of thioether (sulfide) groups is 1. The molecule has 5 nitrogen and oxygen atoms in total. The Hall–Kier alpha value is -1.04.